The monoisotopic (exact) mass is 393 g/mol. The maximum Gasteiger partial charge on any atom is 0.261 e. The summed E-state index contributed by atoms with van der Waals surface area (Å²) in [4.78, 5) is 12.8. The smallest absolute Gasteiger partial charge is 0.261 e. The summed E-state index contributed by atoms with van der Waals surface area (Å²) >= 11 is 12.7. The van der Waals surface area contributed by atoms with Crippen LogP contribution in [-0.2, 0) is 12.8 Å². The predicted molar refractivity (Wildman–Crippen MR) is 103 cm³/mol. The predicted octanol–water partition coefficient (Wildman–Crippen LogP) is 4.91. The lowest BCUT2D eigenvalue weighted by Gasteiger charge is -2.21. The molecular formula is C20H21Cl2NO3. The van der Waals surface area contributed by atoms with Crippen LogP contribution in [0.15, 0.2) is 23.0 Å². The summed E-state index contributed by atoms with van der Waals surface area (Å²) in [6.07, 6.45) is 5.54. The lowest BCUT2D eigenvalue weighted by atomic mass is 9.97. The normalized spacial score (nSPS) is 21.8. The fourth-order valence-corrected chi connectivity index (χ4v) is 4.51. The highest BCUT2D eigenvalue weighted by Crippen LogP contribution is 2.38. The molecule has 0 saturated heterocycles. The molecule has 1 aromatic carbocycles. The van der Waals surface area contributed by atoms with Crippen LogP contribution in [0.4, 0.5) is 0 Å². The van der Waals surface area contributed by atoms with Crippen molar-refractivity contribution in [3.05, 3.63) is 49.7 Å². The number of halogens is 2. The zero-order valence-electron chi connectivity index (χ0n) is 14.6. The fourth-order valence-electron chi connectivity index (χ4n) is 4.00. The summed E-state index contributed by atoms with van der Waals surface area (Å²) in [5.74, 6) is 1.08. The molecule has 2 aliphatic carbocycles. The molecule has 2 atom stereocenters. The Morgan fingerprint density at radius 1 is 1.12 bits per heavy atom. The molecule has 0 radical (unpaired) electrons. The van der Waals surface area contributed by atoms with E-state index in [-0.39, 0.29) is 17.5 Å². The van der Waals surface area contributed by atoms with Gasteiger partial charge in [-0.2, -0.15) is 0 Å². The minimum Gasteiger partial charge on any atom is -0.494 e. The van der Waals surface area contributed by atoms with E-state index in [2.05, 4.69) is 6.92 Å². The molecule has 2 unspecified atom stereocenters. The van der Waals surface area contributed by atoms with E-state index in [4.69, 9.17) is 27.9 Å². The summed E-state index contributed by atoms with van der Waals surface area (Å²) in [5, 5.41) is 11.3. The lowest BCUT2D eigenvalue weighted by Crippen LogP contribution is -2.26. The van der Waals surface area contributed by atoms with Crippen LogP contribution < -0.4 is 10.3 Å². The van der Waals surface area contributed by atoms with E-state index in [1.54, 1.807) is 18.2 Å². The summed E-state index contributed by atoms with van der Waals surface area (Å²) in [6, 6.07) is 5.04. The van der Waals surface area contributed by atoms with Crippen LogP contribution in [0.2, 0.25) is 10.0 Å². The molecule has 1 fully saturated rings. The quantitative estimate of drug-likeness (QED) is 0.805. The number of hydrogen-bond acceptors (Lipinski definition) is 3. The molecule has 2 aliphatic rings. The van der Waals surface area contributed by atoms with E-state index in [1.807, 2.05) is 0 Å². The van der Waals surface area contributed by atoms with Crippen molar-refractivity contribution in [2.24, 2.45) is 5.92 Å². The van der Waals surface area contributed by atoms with Crippen LogP contribution in [0.5, 0.6) is 11.6 Å². The van der Waals surface area contributed by atoms with Crippen LogP contribution in [0.3, 0.4) is 0 Å². The van der Waals surface area contributed by atoms with Crippen LogP contribution >= 0.6 is 23.2 Å². The highest BCUT2D eigenvalue weighted by atomic mass is 35.5. The zero-order chi connectivity index (χ0) is 18.4. The molecule has 138 valence electrons. The highest BCUT2D eigenvalue weighted by Gasteiger charge is 2.25. The average Bonchev–Trinajstić information content (AvgIpc) is 3.02. The Bertz CT molecular complexity index is 922. The first-order chi connectivity index (χ1) is 12.4. The van der Waals surface area contributed by atoms with Gasteiger partial charge < -0.3 is 9.84 Å². The molecule has 2 bridgehead atoms. The third-order valence-electron chi connectivity index (χ3n) is 5.40. The van der Waals surface area contributed by atoms with E-state index < -0.39 is 0 Å². The number of aromatic hydroxyl groups is 1. The lowest BCUT2D eigenvalue weighted by molar-refractivity contribution is 0.205. The van der Waals surface area contributed by atoms with Gasteiger partial charge in [0.25, 0.3) is 5.56 Å². The number of ether oxygens (including phenoxy) is 1. The number of benzene rings is 1. The van der Waals surface area contributed by atoms with Crippen molar-refractivity contribution in [1.29, 1.82) is 0 Å². The van der Waals surface area contributed by atoms with Gasteiger partial charge in [0.15, 0.2) is 0 Å². The number of fused-ring (bicyclic) bond motifs is 2. The minimum atomic E-state index is -0.240. The zero-order valence-corrected chi connectivity index (χ0v) is 16.1. The second kappa shape index (κ2) is 6.82. The Morgan fingerprint density at radius 2 is 1.88 bits per heavy atom. The van der Waals surface area contributed by atoms with E-state index in [0.717, 1.165) is 37.7 Å². The molecule has 2 aromatic rings. The number of nitrogens with zero attached hydrogens (tertiary/aromatic N) is 1. The molecule has 0 aliphatic heterocycles. The van der Waals surface area contributed by atoms with Crippen molar-refractivity contribution in [2.75, 3.05) is 0 Å². The number of aryl methyl sites for hydroxylation is 2. The molecule has 1 saturated carbocycles. The Labute approximate surface area is 162 Å². The first-order valence-electron chi connectivity index (χ1n) is 9.07. The molecule has 1 aromatic heterocycles. The van der Waals surface area contributed by atoms with Gasteiger partial charge in [-0.15, -0.1) is 0 Å². The van der Waals surface area contributed by atoms with Gasteiger partial charge in [0.2, 0.25) is 5.88 Å². The Morgan fingerprint density at radius 3 is 2.62 bits per heavy atom. The molecule has 0 spiro atoms. The van der Waals surface area contributed by atoms with Gasteiger partial charge in [-0.1, -0.05) is 30.1 Å². The Kier molecular flexibility index (Phi) is 4.66. The van der Waals surface area contributed by atoms with Crippen LogP contribution in [0, 0.1) is 5.92 Å². The SMILES string of the molecule is CC1CCC(Oc2cc(-n3c(O)c4cc(c3=O)CCC4)c(Cl)cc2Cl)C1. The fraction of sp³-hybridized carbons (Fsp3) is 0.450. The van der Waals surface area contributed by atoms with Crippen LogP contribution in [0.25, 0.3) is 5.69 Å². The van der Waals surface area contributed by atoms with E-state index in [0.29, 0.717) is 39.4 Å². The molecule has 1 N–H and O–H groups in total. The van der Waals surface area contributed by atoms with Gasteiger partial charge in [-0.25, -0.2) is 4.57 Å². The number of aromatic nitrogens is 1. The van der Waals surface area contributed by atoms with Crippen molar-refractivity contribution in [3.8, 4) is 17.3 Å². The van der Waals surface area contributed by atoms with Gasteiger partial charge in [0.1, 0.15) is 5.75 Å². The molecular weight excluding hydrogens is 373 g/mol. The van der Waals surface area contributed by atoms with E-state index in [1.165, 1.54) is 4.57 Å². The van der Waals surface area contributed by atoms with Gasteiger partial charge in [0.05, 0.1) is 21.8 Å². The number of hydrogen-bond donors (Lipinski definition) is 1. The maximum absolute atomic E-state index is 12.8. The molecule has 4 rings (SSSR count). The van der Waals surface area contributed by atoms with Crippen molar-refractivity contribution in [1.82, 2.24) is 4.57 Å². The minimum absolute atomic E-state index is 0.0527. The third kappa shape index (κ3) is 3.10. The summed E-state index contributed by atoms with van der Waals surface area (Å²) < 4.78 is 7.37. The highest BCUT2D eigenvalue weighted by molar-refractivity contribution is 6.36. The van der Waals surface area contributed by atoms with Gasteiger partial charge in [0, 0.05) is 17.2 Å². The number of rotatable bonds is 3. The van der Waals surface area contributed by atoms with Gasteiger partial charge in [-0.3, -0.25) is 4.79 Å². The topological polar surface area (TPSA) is 51.5 Å². The summed E-state index contributed by atoms with van der Waals surface area (Å²) in [6.45, 7) is 2.21. The van der Waals surface area contributed by atoms with Crippen molar-refractivity contribution in [2.45, 2.75) is 51.6 Å². The molecule has 1 heterocycles. The van der Waals surface area contributed by atoms with E-state index in [9.17, 15) is 9.90 Å². The third-order valence-corrected chi connectivity index (χ3v) is 6.00. The van der Waals surface area contributed by atoms with Gasteiger partial charge >= 0.3 is 0 Å². The first kappa shape index (κ1) is 17.7. The molecule has 6 heteroatoms. The molecule has 0 amide bonds. The first-order valence-corrected chi connectivity index (χ1v) is 9.82. The van der Waals surface area contributed by atoms with Crippen LogP contribution in [0.1, 0.15) is 43.7 Å². The summed E-state index contributed by atoms with van der Waals surface area (Å²) in [5.41, 5.74) is 1.63. The Hall–Kier alpha value is -1.65. The Balaban J connectivity index is 1.79. The number of pyridine rings is 1. The summed E-state index contributed by atoms with van der Waals surface area (Å²) in [7, 11) is 0. The maximum atomic E-state index is 12.8. The van der Waals surface area contributed by atoms with Crippen molar-refractivity contribution >= 4 is 23.2 Å². The second-order valence-electron chi connectivity index (χ2n) is 7.40. The van der Waals surface area contributed by atoms with Crippen molar-refractivity contribution in [3.63, 3.8) is 0 Å². The average molecular weight is 394 g/mol. The van der Waals surface area contributed by atoms with Gasteiger partial charge in [-0.05, 0) is 56.6 Å². The second-order valence-corrected chi connectivity index (χ2v) is 8.22. The largest absolute Gasteiger partial charge is 0.494 e. The molecule has 4 nitrogen and oxygen atoms in total. The standard InChI is InChI=1S/C20H21Cl2NO3/c1-11-5-6-14(7-11)26-18-10-17(15(21)9-16(18)22)23-19(24)12-3-2-4-13(8-12)20(23)25/h8-11,14,24H,2-7H2,1H3. The van der Waals surface area contributed by atoms with Crippen LogP contribution in [-0.4, -0.2) is 15.8 Å². The van der Waals surface area contributed by atoms with Crippen molar-refractivity contribution < 1.29 is 9.84 Å². The molecule has 26 heavy (non-hydrogen) atoms. The van der Waals surface area contributed by atoms with E-state index >= 15 is 0 Å².